The Hall–Kier alpha value is -1.01. The van der Waals surface area contributed by atoms with Gasteiger partial charge in [0.1, 0.15) is 5.01 Å². The normalized spacial score (nSPS) is 23.2. The number of rotatable bonds is 5. The zero-order chi connectivity index (χ0) is 13.0. The third-order valence-corrected chi connectivity index (χ3v) is 4.36. The molecule has 3 N–H and O–H groups in total. The van der Waals surface area contributed by atoms with Crippen LogP contribution in [0, 0.1) is 11.8 Å². The molecule has 1 fully saturated rings. The molecule has 1 aliphatic rings. The Balaban J connectivity index is 1.93. The van der Waals surface area contributed by atoms with E-state index >= 15 is 0 Å². The summed E-state index contributed by atoms with van der Waals surface area (Å²) < 4.78 is 0. The molecule has 100 valence electrons. The number of hydrogen-bond acceptors (Lipinski definition) is 5. The van der Waals surface area contributed by atoms with E-state index < -0.39 is 0 Å². The molecule has 1 amide bonds. The number of carbonyl (C=O) groups is 1. The first-order valence-electron chi connectivity index (χ1n) is 6.58. The molecule has 0 spiro atoms. The maximum Gasteiger partial charge on any atom is 0.229 e. The average Bonchev–Trinajstić information content (AvgIpc) is 2.98. The maximum atomic E-state index is 12.1. The molecule has 0 unspecified atom stereocenters. The minimum Gasteiger partial charge on any atom is -0.330 e. The molecular weight excluding hydrogens is 248 g/mol. The first kappa shape index (κ1) is 13.4. The van der Waals surface area contributed by atoms with E-state index in [1.807, 2.05) is 0 Å². The lowest BCUT2D eigenvalue weighted by Crippen LogP contribution is -2.29. The van der Waals surface area contributed by atoms with Crippen molar-refractivity contribution in [2.24, 2.45) is 17.6 Å². The minimum atomic E-state index is 0.0496. The maximum absolute atomic E-state index is 12.1. The van der Waals surface area contributed by atoms with Gasteiger partial charge in [0.05, 0.1) is 0 Å². The van der Waals surface area contributed by atoms with Crippen LogP contribution in [0.1, 0.15) is 37.6 Å². The van der Waals surface area contributed by atoms with Crippen molar-refractivity contribution in [3.63, 3.8) is 0 Å². The van der Waals surface area contributed by atoms with Crippen LogP contribution in [-0.4, -0.2) is 22.6 Å². The summed E-state index contributed by atoms with van der Waals surface area (Å²) in [6, 6.07) is 0. The fraction of sp³-hybridized carbons (Fsp3) is 0.750. The number of hydrogen-bond donors (Lipinski definition) is 2. The molecule has 0 saturated heterocycles. The van der Waals surface area contributed by atoms with Gasteiger partial charge in [-0.05, 0) is 31.7 Å². The molecule has 2 rings (SSSR count). The second-order valence-electron chi connectivity index (χ2n) is 4.77. The van der Waals surface area contributed by atoms with Crippen molar-refractivity contribution in [1.29, 1.82) is 0 Å². The quantitative estimate of drug-likeness (QED) is 0.853. The van der Waals surface area contributed by atoms with Crippen molar-refractivity contribution in [2.75, 3.05) is 11.9 Å². The van der Waals surface area contributed by atoms with Crippen LogP contribution in [0.5, 0.6) is 0 Å². The third-order valence-electron chi connectivity index (χ3n) is 3.46. The van der Waals surface area contributed by atoms with Gasteiger partial charge in [0.2, 0.25) is 11.0 Å². The zero-order valence-electron chi connectivity index (χ0n) is 10.7. The summed E-state index contributed by atoms with van der Waals surface area (Å²) in [6.45, 7) is 2.69. The summed E-state index contributed by atoms with van der Waals surface area (Å²) in [4.78, 5) is 12.1. The molecule has 1 aromatic rings. The van der Waals surface area contributed by atoms with Gasteiger partial charge in [-0.1, -0.05) is 24.7 Å². The van der Waals surface area contributed by atoms with Crippen LogP contribution in [-0.2, 0) is 11.2 Å². The second kappa shape index (κ2) is 6.24. The van der Waals surface area contributed by atoms with Gasteiger partial charge < -0.3 is 11.1 Å². The Kier molecular flexibility index (Phi) is 4.66. The number of aryl methyl sites for hydroxylation is 1. The van der Waals surface area contributed by atoms with Gasteiger partial charge in [0.15, 0.2) is 0 Å². The van der Waals surface area contributed by atoms with Crippen molar-refractivity contribution in [2.45, 2.75) is 39.0 Å². The molecule has 1 heterocycles. The number of nitrogens with two attached hydrogens (primary N) is 1. The van der Waals surface area contributed by atoms with Crippen LogP contribution >= 0.6 is 11.3 Å². The lowest BCUT2D eigenvalue weighted by molar-refractivity contribution is -0.120. The number of carbonyl (C=O) groups excluding carboxylic acids is 1. The largest absolute Gasteiger partial charge is 0.330 e. The highest BCUT2D eigenvalue weighted by molar-refractivity contribution is 7.15. The van der Waals surface area contributed by atoms with E-state index in [1.165, 1.54) is 11.3 Å². The Morgan fingerprint density at radius 2 is 2.33 bits per heavy atom. The number of nitrogens with one attached hydrogen (secondary N) is 1. The van der Waals surface area contributed by atoms with E-state index in [2.05, 4.69) is 22.4 Å². The van der Waals surface area contributed by atoms with Gasteiger partial charge in [-0.2, -0.15) is 0 Å². The first-order valence-corrected chi connectivity index (χ1v) is 7.39. The van der Waals surface area contributed by atoms with Crippen LogP contribution in [0.15, 0.2) is 0 Å². The van der Waals surface area contributed by atoms with E-state index in [0.717, 1.165) is 37.1 Å². The fourth-order valence-corrected chi connectivity index (χ4v) is 3.33. The predicted molar refractivity (Wildman–Crippen MR) is 72.4 cm³/mol. The molecule has 6 heteroatoms. The molecule has 0 aliphatic heterocycles. The number of nitrogens with zero attached hydrogens (tertiary/aromatic N) is 2. The SMILES string of the molecule is CCCc1nnc(NC(=O)[C@@H]2CCC[C@@H]2CN)s1. The highest BCUT2D eigenvalue weighted by Crippen LogP contribution is 2.32. The highest BCUT2D eigenvalue weighted by Gasteiger charge is 2.32. The molecule has 0 aromatic carbocycles. The smallest absolute Gasteiger partial charge is 0.229 e. The van der Waals surface area contributed by atoms with Gasteiger partial charge in [0.25, 0.3) is 0 Å². The Morgan fingerprint density at radius 1 is 1.50 bits per heavy atom. The van der Waals surface area contributed by atoms with E-state index in [4.69, 9.17) is 5.73 Å². The molecule has 1 aliphatic carbocycles. The minimum absolute atomic E-state index is 0.0496. The Bertz CT molecular complexity index is 407. The molecule has 0 radical (unpaired) electrons. The van der Waals surface area contributed by atoms with E-state index in [0.29, 0.717) is 17.6 Å². The van der Waals surface area contributed by atoms with Crippen LogP contribution in [0.25, 0.3) is 0 Å². The molecule has 18 heavy (non-hydrogen) atoms. The monoisotopic (exact) mass is 268 g/mol. The summed E-state index contributed by atoms with van der Waals surface area (Å²) >= 11 is 1.47. The Labute approximate surface area is 111 Å². The van der Waals surface area contributed by atoms with Crippen molar-refractivity contribution in [1.82, 2.24) is 10.2 Å². The predicted octanol–water partition coefficient (Wildman–Crippen LogP) is 1.80. The van der Waals surface area contributed by atoms with Crippen LogP contribution in [0.2, 0.25) is 0 Å². The van der Waals surface area contributed by atoms with Gasteiger partial charge in [-0.15, -0.1) is 10.2 Å². The van der Waals surface area contributed by atoms with Gasteiger partial charge in [-0.25, -0.2) is 0 Å². The second-order valence-corrected chi connectivity index (χ2v) is 5.84. The Morgan fingerprint density at radius 3 is 3.06 bits per heavy atom. The topological polar surface area (TPSA) is 80.9 Å². The summed E-state index contributed by atoms with van der Waals surface area (Å²) in [6.07, 6.45) is 5.06. The average molecular weight is 268 g/mol. The van der Waals surface area contributed by atoms with Crippen molar-refractivity contribution < 1.29 is 4.79 Å². The van der Waals surface area contributed by atoms with E-state index in [-0.39, 0.29) is 11.8 Å². The number of aromatic nitrogens is 2. The van der Waals surface area contributed by atoms with E-state index in [1.54, 1.807) is 0 Å². The molecule has 1 saturated carbocycles. The van der Waals surface area contributed by atoms with Gasteiger partial charge in [-0.3, -0.25) is 4.79 Å². The summed E-state index contributed by atoms with van der Waals surface area (Å²) in [5.74, 6) is 0.434. The third kappa shape index (κ3) is 3.05. The molecule has 1 aromatic heterocycles. The van der Waals surface area contributed by atoms with Crippen molar-refractivity contribution in [3.05, 3.63) is 5.01 Å². The lowest BCUT2D eigenvalue weighted by atomic mass is 9.95. The number of anilines is 1. The van der Waals surface area contributed by atoms with Crippen LogP contribution < -0.4 is 11.1 Å². The lowest BCUT2D eigenvalue weighted by Gasteiger charge is -2.15. The number of amides is 1. The summed E-state index contributed by atoms with van der Waals surface area (Å²) in [5.41, 5.74) is 5.69. The van der Waals surface area contributed by atoms with Crippen LogP contribution in [0.3, 0.4) is 0 Å². The molecule has 2 atom stereocenters. The first-order chi connectivity index (χ1) is 8.74. The standard InChI is InChI=1S/C12H20N4OS/c1-2-4-10-15-16-12(18-10)14-11(17)9-6-3-5-8(9)7-13/h8-9H,2-7,13H2,1H3,(H,14,16,17)/t8-,9-/m1/s1. The molecular formula is C12H20N4OS. The van der Waals surface area contributed by atoms with Crippen LogP contribution in [0.4, 0.5) is 5.13 Å². The molecule has 5 nitrogen and oxygen atoms in total. The summed E-state index contributed by atoms with van der Waals surface area (Å²) in [7, 11) is 0. The van der Waals surface area contributed by atoms with Crippen molar-refractivity contribution >= 4 is 22.4 Å². The highest BCUT2D eigenvalue weighted by atomic mass is 32.1. The zero-order valence-corrected chi connectivity index (χ0v) is 11.5. The fourth-order valence-electron chi connectivity index (χ4n) is 2.48. The van der Waals surface area contributed by atoms with E-state index in [9.17, 15) is 4.79 Å². The molecule has 0 bridgehead atoms. The summed E-state index contributed by atoms with van der Waals surface area (Å²) in [5, 5.41) is 12.5. The van der Waals surface area contributed by atoms with Gasteiger partial charge in [0, 0.05) is 12.3 Å². The van der Waals surface area contributed by atoms with Crippen molar-refractivity contribution in [3.8, 4) is 0 Å². The van der Waals surface area contributed by atoms with Gasteiger partial charge >= 0.3 is 0 Å².